The monoisotopic (exact) mass is 359 g/mol. The number of hydrogen-bond donors (Lipinski definition) is 1. The van der Waals surface area contributed by atoms with Crippen LogP contribution in [0.1, 0.15) is 33.3 Å². The zero-order valence-corrected chi connectivity index (χ0v) is 15.3. The summed E-state index contributed by atoms with van der Waals surface area (Å²) in [7, 11) is 0. The van der Waals surface area contributed by atoms with E-state index >= 15 is 0 Å². The van der Waals surface area contributed by atoms with E-state index in [9.17, 15) is 9.59 Å². The fourth-order valence-electron chi connectivity index (χ4n) is 2.73. The summed E-state index contributed by atoms with van der Waals surface area (Å²) in [4.78, 5) is 31.2. The Bertz CT molecular complexity index is 937. The highest BCUT2D eigenvalue weighted by molar-refractivity contribution is 6.08. The minimum absolute atomic E-state index is 0.171. The molecule has 0 aliphatic heterocycles. The number of aromatic nitrogens is 1. The number of amides is 2. The Balaban J connectivity index is 1.81. The predicted molar refractivity (Wildman–Crippen MR) is 107 cm³/mol. The van der Waals surface area contributed by atoms with Crippen LogP contribution in [0.2, 0.25) is 0 Å². The van der Waals surface area contributed by atoms with Crippen LogP contribution in [-0.2, 0) is 0 Å². The van der Waals surface area contributed by atoms with Gasteiger partial charge in [-0.25, -0.2) is 0 Å². The van der Waals surface area contributed by atoms with Crippen LogP contribution in [0.3, 0.4) is 0 Å². The second kappa shape index (κ2) is 8.27. The number of anilines is 2. The average Bonchev–Trinajstić information content (AvgIpc) is 2.71. The molecule has 0 aliphatic carbocycles. The van der Waals surface area contributed by atoms with Crippen LogP contribution in [0.5, 0.6) is 0 Å². The van der Waals surface area contributed by atoms with Crippen molar-refractivity contribution in [2.24, 2.45) is 0 Å². The molecule has 5 heteroatoms. The summed E-state index contributed by atoms with van der Waals surface area (Å²) < 4.78 is 0. The van der Waals surface area contributed by atoms with Crippen molar-refractivity contribution in [2.75, 3.05) is 16.8 Å². The molecule has 0 saturated carbocycles. The zero-order chi connectivity index (χ0) is 19.2. The van der Waals surface area contributed by atoms with Gasteiger partial charge in [-0.05, 0) is 50.2 Å². The number of carbonyl (C=O) groups excluding carboxylic acids is 2. The van der Waals surface area contributed by atoms with E-state index in [1.807, 2.05) is 68.4 Å². The topological polar surface area (TPSA) is 62.3 Å². The van der Waals surface area contributed by atoms with Gasteiger partial charge in [0.05, 0.1) is 0 Å². The SMILES string of the molecule is CCN(C(=O)c1ccnc(C(=O)Nc2ccc(C)cc2)c1)c1ccccc1. The highest BCUT2D eigenvalue weighted by Gasteiger charge is 2.18. The molecule has 0 radical (unpaired) electrons. The molecule has 0 unspecified atom stereocenters. The predicted octanol–water partition coefficient (Wildman–Crippen LogP) is 4.31. The van der Waals surface area contributed by atoms with Crippen LogP contribution in [0.25, 0.3) is 0 Å². The molecule has 3 rings (SSSR count). The van der Waals surface area contributed by atoms with Gasteiger partial charge in [0.15, 0.2) is 0 Å². The van der Waals surface area contributed by atoms with Crippen LogP contribution < -0.4 is 10.2 Å². The van der Waals surface area contributed by atoms with Gasteiger partial charge >= 0.3 is 0 Å². The van der Waals surface area contributed by atoms with E-state index in [-0.39, 0.29) is 17.5 Å². The van der Waals surface area contributed by atoms with Crippen molar-refractivity contribution in [3.05, 3.63) is 89.7 Å². The second-order valence-electron chi connectivity index (χ2n) is 6.13. The van der Waals surface area contributed by atoms with E-state index in [1.165, 1.54) is 12.3 Å². The third kappa shape index (κ3) is 4.39. The fourth-order valence-corrected chi connectivity index (χ4v) is 2.73. The van der Waals surface area contributed by atoms with Crippen molar-refractivity contribution in [1.29, 1.82) is 0 Å². The molecule has 2 amide bonds. The number of nitrogens with one attached hydrogen (secondary N) is 1. The molecule has 1 heterocycles. The largest absolute Gasteiger partial charge is 0.321 e. The number of carbonyl (C=O) groups is 2. The molecule has 5 nitrogen and oxygen atoms in total. The number of aryl methyl sites for hydroxylation is 1. The summed E-state index contributed by atoms with van der Waals surface area (Å²) in [5.74, 6) is -0.522. The van der Waals surface area contributed by atoms with Crippen LogP contribution in [0, 0.1) is 6.92 Å². The lowest BCUT2D eigenvalue weighted by molar-refractivity contribution is 0.0988. The molecule has 0 fully saturated rings. The third-order valence-corrected chi connectivity index (χ3v) is 4.18. The Morgan fingerprint density at radius 3 is 2.37 bits per heavy atom. The Labute approximate surface area is 158 Å². The molecule has 2 aromatic carbocycles. The highest BCUT2D eigenvalue weighted by atomic mass is 16.2. The number of pyridine rings is 1. The van der Waals surface area contributed by atoms with Crippen LogP contribution in [0.15, 0.2) is 72.9 Å². The normalized spacial score (nSPS) is 10.3. The number of rotatable bonds is 5. The van der Waals surface area contributed by atoms with Gasteiger partial charge < -0.3 is 10.2 Å². The van der Waals surface area contributed by atoms with Crippen molar-refractivity contribution in [2.45, 2.75) is 13.8 Å². The van der Waals surface area contributed by atoms with Crippen molar-refractivity contribution in [3.8, 4) is 0 Å². The molecule has 136 valence electrons. The smallest absolute Gasteiger partial charge is 0.274 e. The summed E-state index contributed by atoms with van der Waals surface area (Å²) in [5, 5.41) is 2.80. The molecule has 27 heavy (non-hydrogen) atoms. The Morgan fingerprint density at radius 1 is 1.00 bits per heavy atom. The van der Waals surface area contributed by atoms with E-state index in [0.717, 1.165) is 11.3 Å². The van der Waals surface area contributed by atoms with Gasteiger partial charge in [-0.2, -0.15) is 0 Å². The summed E-state index contributed by atoms with van der Waals surface area (Å²) >= 11 is 0. The first-order valence-corrected chi connectivity index (χ1v) is 8.79. The molecule has 0 bridgehead atoms. The highest BCUT2D eigenvalue weighted by Crippen LogP contribution is 2.17. The first-order chi connectivity index (χ1) is 13.1. The molecular weight excluding hydrogens is 338 g/mol. The quantitative estimate of drug-likeness (QED) is 0.738. The molecule has 0 spiro atoms. The number of para-hydroxylation sites is 1. The summed E-state index contributed by atoms with van der Waals surface area (Å²) in [5.41, 5.74) is 3.23. The van der Waals surface area contributed by atoms with Gasteiger partial charge in [0, 0.05) is 29.7 Å². The van der Waals surface area contributed by atoms with E-state index in [0.29, 0.717) is 17.8 Å². The molecule has 0 saturated heterocycles. The van der Waals surface area contributed by atoms with Crippen molar-refractivity contribution in [3.63, 3.8) is 0 Å². The molecule has 3 aromatic rings. The molecular formula is C22H21N3O2. The summed E-state index contributed by atoms with van der Waals surface area (Å²) in [6, 6.07) is 20.1. The van der Waals surface area contributed by atoms with Gasteiger partial charge in [0.25, 0.3) is 11.8 Å². The maximum absolute atomic E-state index is 12.9. The third-order valence-electron chi connectivity index (χ3n) is 4.18. The van der Waals surface area contributed by atoms with E-state index in [2.05, 4.69) is 10.3 Å². The average molecular weight is 359 g/mol. The lowest BCUT2D eigenvalue weighted by Gasteiger charge is -2.21. The summed E-state index contributed by atoms with van der Waals surface area (Å²) in [6.45, 7) is 4.42. The first-order valence-electron chi connectivity index (χ1n) is 8.79. The van der Waals surface area contributed by atoms with E-state index < -0.39 is 0 Å². The van der Waals surface area contributed by atoms with E-state index in [1.54, 1.807) is 11.0 Å². The fraction of sp³-hybridized carbons (Fsp3) is 0.136. The minimum Gasteiger partial charge on any atom is -0.321 e. The van der Waals surface area contributed by atoms with Crippen molar-refractivity contribution < 1.29 is 9.59 Å². The second-order valence-corrected chi connectivity index (χ2v) is 6.13. The lowest BCUT2D eigenvalue weighted by atomic mass is 10.1. The van der Waals surface area contributed by atoms with Crippen LogP contribution >= 0.6 is 0 Å². The zero-order valence-electron chi connectivity index (χ0n) is 15.3. The lowest BCUT2D eigenvalue weighted by Crippen LogP contribution is -2.30. The number of hydrogen-bond acceptors (Lipinski definition) is 3. The van der Waals surface area contributed by atoms with Crippen molar-refractivity contribution in [1.82, 2.24) is 4.98 Å². The number of nitrogens with zero attached hydrogens (tertiary/aromatic N) is 2. The maximum Gasteiger partial charge on any atom is 0.274 e. The number of benzene rings is 2. The van der Waals surface area contributed by atoms with Gasteiger partial charge in [-0.3, -0.25) is 14.6 Å². The molecule has 1 N–H and O–H groups in total. The standard InChI is InChI=1S/C22H21N3O2/c1-3-25(19-7-5-4-6-8-19)22(27)17-13-14-23-20(15-17)21(26)24-18-11-9-16(2)10-12-18/h4-15H,3H2,1-2H3,(H,24,26). The van der Waals surface area contributed by atoms with Gasteiger partial charge in [-0.15, -0.1) is 0 Å². The van der Waals surface area contributed by atoms with Crippen LogP contribution in [-0.4, -0.2) is 23.3 Å². The molecule has 1 aromatic heterocycles. The first kappa shape index (κ1) is 18.3. The van der Waals surface area contributed by atoms with Gasteiger partial charge in [0.1, 0.15) is 5.69 Å². The molecule has 0 aliphatic rings. The van der Waals surface area contributed by atoms with Crippen LogP contribution in [0.4, 0.5) is 11.4 Å². The summed E-state index contributed by atoms with van der Waals surface area (Å²) in [6.07, 6.45) is 1.48. The molecule has 0 atom stereocenters. The Kier molecular flexibility index (Phi) is 5.61. The Hall–Kier alpha value is -3.47. The van der Waals surface area contributed by atoms with Gasteiger partial charge in [-0.1, -0.05) is 35.9 Å². The Morgan fingerprint density at radius 2 is 1.70 bits per heavy atom. The van der Waals surface area contributed by atoms with Crippen molar-refractivity contribution >= 4 is 23.2 Å². The van der Waals surface area contributed by atoms with E-state index in [4.69, 9.17) is 0 Å². The van der Waals surface area contributed by atoms with Gasteiger partial charge in [0.2, 0.25) is 0 Å². The maximum atomic E-state index is 12.9. The minimum atomic E-state index is -0.351.